The van der Waals surface area contributed by atoms with Gasteiger partial charge in [0.25, 0.3) is 0 Å². The molecule has 3 aromatic rings. The lowest BCUT2D eigenvalue weighted by Crippen LogP contribution is -2.11. The second-order valence-electron chi connectivity index (χ2n) is 4.19. The Kier molecular flexibility index (Phi) is 2.86. The van der Waals surface area contributed by atoms with Gasteiger partial charge in [-0.2, -0.15) is 0 Å². The molecule has 0 bridgehead atoms. The van der Waals surface area contributed by atoms with Crippen molar-refractivity contribution in [1.82, 2.24) is 15.3 Å². The fourth-order valence-electron chi connectivity index (χ4n) is 1.97. The van der Waals surface area contributed by atoms with Crippen molar-refractivity contribution in [2.24, 2.45) is 0 Å². The van der Waals surface area contributed by atoms with Crippen LogP contribution in [0.4, 0.5) is 0 Å². The standard InChI is InChI=1S/C14H15N3O/c1-2-15-9-10-5-6-11-12(8-10)17-14(16-11)13-4-3-7-18-13/h3-8,15H,2,9H2,1H3,(H,16,17). The first-order valence-electron chi connectivity index (χ1n) is 6.10. The lowest BCUT2D eigenvalue weighted by molar-refractivity contribution is 0.578. The molecule has 18 heavy (non-hydrogen) atoms. The number of H-pyrrole nitrogens is 1. The van der Waals surface area contributed by atoms with Crippen molar-refractivity contribution >= 4 is 11.0 Å². The third-order valence-electron chi connectivity index (χ3n) is 2.88. The largest absolute Gasteiger partial charge is 0.461 e. The average Bonchev–Trinajstić information content (AvgIpc) is 3.03. The summed E-state index contributed by atoms with van der Waals surface area (Å²) in [7, 11) is 0. The molecule has 1 aromatic carbocycles. The Morgan fingerprint density at radius 3 is 3.06 bits per heavy atom. The molecule has 2 aromatic heterocycles. The van der Waals surface area contributed by atoms with Crippen LogP contribution in [-0.2, 0) is 6.54 Å². The molecule has 0 spiro atoms. The Morgan fingerprint density at radius 1 is 1.33 bits per heavy atom. The van der Waals surface area contributed by atoms with Crippen molar-refractivity contribution in [3.63, 3.8) is 0 Å². The predicted molar refractivity (Wildman–Crippen MR) is 71.2 cm³/mol. The maximum absolute atomic E-state index is 5.34. The molecule has 2 N–H and O–H groups in total. The Bertz CT molecular complexity index is 640. The summed E-state index contributed by atoms with van der Waals surface area (Å²) in [6.07, 6.45) is 1.65. The van der Waals surface area contributed by atoms with Crippen LogP contribution in [0.1, 0.15) is 12.5 Å². The van der Waals surface area contributed by atoms with Gasteiger partial charge in [0, 0.05) is 6.54 Å². The first-order chi connectivity index (χ1) is 8.86. The quantitative estimate of drug-likeness (QED) is 0.738. The Hall–Kier alpha value is -2.07. The Balaban J connectivity index is 1.97. The van der Waals surface area contributed by atoms with Crippen LogP contribution < -0.4 is 5.32 Å². The summed E-state index contributed by atoms with van der Waals surface area (Å²) in [5, 5.41) is 3.31. The van der Waals surface area contributed by atoms with E-state index in [9.17, 15) is 0 Å². The Labute approximate surface area is 105 Å². The lowest BCUT2D eigenvalue weighted by atomic mass is 10.2. The summed E-state index contributed by atoms with van der Waals surface area (Å²) in [4.78, 5) is 7.79. The van der Waals surface area contributed by atoms with Crippen LogP contribution in [0.15, 0.2) is 41.0 Å². The summed E-state index contributed by atoms with van der Waals surface area (Å²) in [5.74, 6) is 1.54. The molecule has 0 aliphatic heterocycles. The molecule has 0 saturated carbocycles. The van der Waals surface area contributed by atoms with Gasteiger partial charge in [-0.05, 0) is 36.4 Å². The van der Waals surface area contributed by atoms with Crippen molar-refractivity contribution in [2.75, 3.05) is 6.54 Å². The molecule has 3 rings (SSSR count). The van der Waals surface area contributed by atoms with E-state index in [1.807, 2.05) is 18.2 Å². The number of hydrogen-bond acceptors (Lipinski definition) is 3. The molecule has 0 amide bonds. The van der Waals surface area contributed by atoms with Crippen LogP contribution in [0, 0.1) is 0 Å². The van der Waals surface area contributed by atoms with Crippen molar-refractivity contribution in [2.45, 2.75) is 13.5 Å². The van der Waals surface area contributed by atoms with Crippen molar-refractivity contribution < 1.29 is 4.42 Å². The summed E-state index contributed by atoms with van der Waals surface area (Å²) in [5.41, 5.74) is 3.25. The van der Waals surface area contributed by atoms with E-state index >= 15 is 0 Å². The van der Waals surface area contributed by atoms with Gasteiger partial charge in [-0.25, -0.2) is 4.98 Å². The molecule has 2 heterocycles. The van der Waals surface area contributed by atoms with Gasteiger partial charge in [0.15, 0.2) is 11.6 Å². The molecule has 4 heteroatoms. The number of nitrogens with one attached hydrogen (secondary N) is 2. The minimum Gasteiger partial charge on any atom is -0.461 e. The van der Waals surface area contributed by atoms with Crippen LogP contribution in [0.25, 0.3) is 22.6 Å². The SMILES string of the molecule is CCNCc1ccc2nc(-c3ccco3)[nH]c2c1. The van der Waals surface area contributed by atoms with Gasteiger partial charge < -0.3 is 14.7 Å². The van der Waals surface area contributed by atoms with Crippen LogP contribution in [-0.4, -0.2) is 16.5 Å². The van der Waals surface area contributed by atoms with Crippen LogP contribution in [0.5, 0.6) is 0 Å². The number of aromatic nitrogens is 2. The van der Waals surface area contributed by atoms with E-state index in [1.165, 1.54) is 5.56 Å². The molecule has 0 radical (unpaired) electrons. The molecular formula is C14H15N3O. The fraction of sp³-hybridized carbons (Fsp3) is 0.214. The number of rotatable bonds is 4. The highest BCUT2D eigenvalue weighted by atomic mass is 16.3. The molecule has 4 nitrogen and oxygen atoms in total. The number of hydrogen-bond donors (Lipinski definition) is 2. The lowest BCUT2D eigenvalue weighted by Gasteiger charge is -2.00. The molecule has 92 valence electrons. The summed E-state index contributed by atoms with van der Waals surface area (Å²) in [6, 6.07) is 10.0. The van der Waals surface area contributed by atoms with Gasteiger partial charge in [0.2, 0.25) is 0 Å². The number of nitrogens with zero attached hydrogens (tertiary/aromatic N) is 1. The molecule has 0 aliphatic carbocycles. The second kappa shape index (κ2) is 4.66. The summed E-state index contributed by atoms with van der Waals surface area (Å²) < 4.78 is 5.34. The second-order valence-corrected chi connectivity index (χ2v) is 4.19. The Morgan fingerprint density at radius 2 is 2.28 bits per heavy atom. The molecule has 0 fully saturated rings. The third kappa shape index (κ3) is 2.02. The van der Waals surface area contributed by atoms with E-state index in [0.717, 1.165) is 35.7 Å². The highest BCUT2D eigenvalue weighted by Gasteiger charge is 2.07. The topological polar surface area (TPSA) is 53.9 Å². The monoisotopic (exact) mass is 241 g/mol. The van der Waals surface area contributed by atoms with E-state index in [-0.39, 0.29) is 0 Å². The number of furan rings is 1. The average molecular weight is 241 g/mol. The van der Waals surface area contributed by atoms with E-state index < -0.39 is 0 Å². The smallest absolute Gasteiger partial charge is 0.174 e. The fourth-order valence-corrected chi connectivity index (χ4v) is 1.97. The minimum atomic E-state index is 0.763. The van der Waals surface area contributed by atoms with Gasteiger partial charge >= 0.3 is 0 Å². The van der Waals surface area contributed by atoms with E-state index in [0.29, 0.717) is 0 Å². The maximum Gasteiger partial charge on any atom is 0.174 e. The zero-order chi connectivity index (χ0) is 12.4. The van der Waals surface area contributed by atoms with Gasteiger partial charge in [-0.3, -0.25) is 0 Å². The molecule has 0 unspecified atom stereocenters. The summed E-state index contributed by atoms with van der Waals surface area (Å²) >= 11 is 0. The highest BCUT2D eigenvalue weighted by Crippen LogP contribution is 2.21. The van der Waals surface area contributed by atoms with Crippen molar-refractivity contribution in [3.05, 3.63) is 42.2 Å². The van der Waals surface area contributed by atoms with Gasteiger partial charge in [-0.1, -0.05) is 13.0 Å². The van der Waals surface area contributed by atoms with Crippen molar-refractivity contribution in [1.29, 1.82) is 0 Å². The van der Waals surface area contributed by atoms with Crippen LogP contribution >= 0.6 is 0 Å². The first-order valence-corrected chi connectivity index (χ1v) is 6.10. The molecule has 0 atom stereocenters. The normalized spacial score (nSPS) is 11.2. The zero-order valence-corrected chi connectivity index (χ0v) is 10.2. The molecule has 0 aliphatic rings. The minimum absolute atomic E-state index is 0.763. The predicted octanol–water partition coefficient (Wildman–Crippen LogP) is 2.93. The van der Waals surface area contributed by atoms with E-state index in [1.54, 1.807) is 6.26 Å². The number of imidazole rings is 1. The summed E-state index contributed by atoms with van der Waals surface area (Å²) in [6.45, 7) is 3.95. The van der Waals surface area contributed by atoms with Crippen molar-refractivity contribution in [3.8, 4) is 11.6 Å². The van der Waals surface area contributed by atoms with Gasteiger partial charge in [0.05, 0.1) is 17.3 Å². The number of fused-ring (bicyclic) bond motifs is 1. The third-order valence-corrected chi connectivity index (χ3v) is 2.88. The first kappa shape index (κ1) is 11.0. The zero-order valence-electron chi connectivity index (χ0n) is 10.2. The van der Waals surface area contributed by atoms with Gasteiger partial charge in [0.1, 0.15) is 0 Å². The number of benzene rings is 1. The van der Waals surface area contributed by atoms with Crippen LogP contribution in [0.2, 0.25) is 0 Å². The highest BCUT2D eigenvalue weighted by molar-refractivity contribution is 5.79. The van der Waals surface area contributed by atoms with Crippen LogP contribution in [0.3, 0.4) is 0 Å². The van der Waals surface area contributed by atoms with E-state index in [2.05, 4.69) is 34.3 Å². The van der Waals surface area contributed by atoms with Gasteiger partial charge in [-0.15, -0.1) is 0 Å². The van der Waals surface area contributed by atoms with E-state index in [4.69, 9.17) is 4.42 Å². The maximum atomic E-state index is 5.34. The number of aromatic amines is 1. The molecule has 0 saturated heterocycles. The molecular weight excluding hydrogens is 226 g/mol.